The summed E-state index contributed by atoms with van der Waals surface area (Å²) in [6.07, 6.45) is 8.41. The molecule has 3 heteroatoms. The summed E-state index contributed by atoms with van der Waals surface area (Å²) in [5.41, 5.74) is 0.919. The van der Waals surface area contributed by atoms with E-state index in [2.05, 4.69) is 27.9 Å². The highest BCUT2D eigenvalue weighted by atomic mass is 127. The number of anilines is 1. The number of hydrogen-bond donors (Lipinski definition) is 1. The minimum atomic E-state index is 0.207. The molecule has 0 unspecified atom stereocenters. The Hall–Kier alpha value is -0.580. The molecule has 1 aromatic rings. The Morgan fingerprint density at radius 3 is 2.17 bits per heavy atom. The van der Waals surface area contributed by atoms with Gasteiger partial charge < -0.3 is 5.32 Å². The lowest BCUT2D eigenvalue weighted by atomic mass is 9.90. The molecule has 98 valence electrons. The summed E-state index contributed by atoms with van der Waals surface area (Å²) < 4.78 is 1.19. The van der Waals surface area contributed by atoms with E-state index in [-0.39, 0.29) is 11.8 Å². The zero-order valence-corrected chi connectivity index (χ0v) is 12.8. The Morgan fingerprint density at radius 1 is 1.00 bits per heavy atom. The average Bonchev–Trinajstić information content (AvgIpc) is 2.31. The minimum absolute atomic E-state index is 0.207. The second-order valence-electron chi connectivity index (χ2n) is 5.04. The van der Waals surface area contributed by atoms with E-state index in [1.807, 2.05) is 24.3 Å². The van der Waals surface area contributed by atoms with E-state index >= 15 is 0 Å². The third-order valence-corrected chi connectivity index (χ3v) is 4.31. The van der Waals surface area contributed by atoms with Crippen molar-refractivity contribution in [3.63, 3.8) is 0 Å². The number of nitrogens with one attached hydrogen (secondary N) is 1. The molecule has 2 nitrogen and oxygen atoms in total. The van der Waals surface area contributed by atoms with Crippen molar-refractivity contribution in [3.8, 4) is 0 Å². The SMILES string of the molecule is O=C(Nc1ccc(I)cc1)C1CCCCCCC1. The van der Waals surface area contributed by atoms with Crippen molar-refractivity contribution in [1.82, 2.24) is 0 Å². The molecule has 0 heterocycles. The highest BCUT2D eigenvalue weighted by Gasteiger charge is 2.19. The van der Waals surface area contributed by atoms with Gasteiger partial charge in [0.05, 0.1) is 0 Å². The van der Waals surface area contributed by atoms with Crippen LogP contribution in [0.2, 0.25) is 0 Å². The van der Waals surface area contributed by atoms with Crippen LogP contribution < -0.4 is 5.32 Å². The summed E-state index contributed by atoms with van der Waals surface area (Å²) >= 11 is 2.27. The van der Waals surface area contributed by atoms with E-state index in [1.165, 1.54) is 35.7 Å². The van der Waals surface area contributed by atoms with Gasteiger partial charge in [-0.25, -0.2) is 0 Å². The molecule has 1 aromatic carbocycles. The van der Waals surface area contributed by atoms with Crippen molar-refractivity contribution in [2.75, 3.05) is 5.32 Å². The third-order valence-electron chi connectivity index (χ3n) is 3.59. The fourth-order valence-corrected chi connectivity index (χ4v) is 2.86. The molecule has 2 rings (SSSR count). The van der Waals surface area contributed by atoms with Crippen LogP contribution in [0, 0.1) is 9.49 Å². The lowest BCUT2D eigenvalue weighted by Gasteiger charge is -2.19. The van der Waals surface area contributed by atoms with Crippen LogP contribution in [0.15, 0.2) is 24.3 Å². The molecular formula is C15H20INO. The van der Waals surface area contributed by atoms with Gasteiger partial charge in [0, 0.05) is 15.2 Å². The lowest BCUT2D eigenvalue weighted by Crippen LogP contribution is -2.23. The molecule has 0 bridgehead atoms. The van der Waals surface area contributed by atoms with Crippen LogP contribution in [-0.2, 0) is 4.79 Å². The minimum Gasteiger partial charge on any atom is -0.326 e. The van der Waals surface area contributed by atoms with E-state index in [4.69, 9.17) is 0 Å². The lowest BCUT2D eigenvalue weighted by molar-refractivity contribution is -0.120. The zero-order valence-electron chi connectivity index (χ0n) is 10.6. The number of carbonyl (C=O) groups is 1. The van der Waals surface area contributed by atoms with Gasteiger partial charge in [0.15, 0.2) is 0 Å². The molecule has 0 aromatic heterocycles. The van der Waals surface area contributed by atoms with Crippen molar-refractivity contribution < 1.29 is 4.79 Å². The first-order valence-corrected chi connectivity index (χ1v) is 7.90. The number of benzene rings is 1. The van der Waals surface area contributed by atoms with Crippen molar-refractivity contribution >= 4 is 34.2 Å². The Labute approximate surface area is 123 Å². The number of carbonyl (C=O) groups excluding carboxylic acids is 1. The maximum absolute atomic E-state index is 12.2. The predicted octanol–water partition coefficient (Wildman–Crippen LogP) is 4.59. The molecule has 1 aliphatic rings. The van der Waals surface area contributed by atoms with Gasteiger partial charge in [-0.15, -0.1) is 0 Å². The molecule has 1 aliphatic carbocycles. The zero-order chi connectivity index (χ0) is 12.8. The van der Waals surface area contributed by atoms with Gasteiger partial charge in [0.25, 0.3) is 0 Å². The largest absolute Gasteiger partial charge is 0.326 e. The normalized spacial score (nSPS) is 17.8. The topological polar surface area (TPSA) is 29.1 Å². The van der Waals surface area contributed by atoms with Gasteiger partial charge >= 0.3 is 0 Å². The molecule has 1 N–H and O–H groups in total. The van der Waals surface area contributed by atoms with Gasteiger partial charge in [-0.2, -0.15) is 0 Å². The maximum atomic E-state index is 12.2. The summed E-state index contributed by atoms with van der Waals surface area (Å²) in [7, 11) is 0. The maximum Gasteiger partial charge on any atom is 0.227 e. The quantitative estimate of drug-likeness (QED) is 0.771. The summed E-state index contributed by atoms with van der Waals surface area (Å²) in [5.74, 6) is 0.419. The number of hydrogen-bond acceptors (Lipinski definition) is 1. The van der Waals surface area contributed by atoms with Crippen LogP contribution >= 0.6 is 22.6 Å². The number of rotatable bonds is 2. The predicted molar refractivity (Wildman–Crippen MR) is 83.6 cm³/mol. The average molecular weight is 357 g/mol. The summed E-state index contributed by atoms with van der Waals surface area (Å²) in [4.78, 5) is 12.2. The Kier molecular flexibility index (Phi) is 5.47. The highest BCUT2D eigenvalue weighted by molar-refractivity contribution is 14.1. The molecule has 1 amide bonds. The van der Waals surface area contributed by atoms with Crippen molar-refractivity contribution in [1.29, 1.82) is 0 Å². The molecule has 0 atom stereocenters. The van der Waals surface area contributed by atoms with E-state index in [0.717, 1.165) is 18.5 Å². The van der Waals surface area contributed by atoms with Gasteiger partial charge in [-0.1, -0.05) is 32.1 Å². The van der Waals surface area contributed by atoms with Gasteiger partial charge in [-0.3, -0.25) is 4.79 Å². The Morgan fingerprint density at radius 2 is 1.56 bits per heavy atom. The smallest absolute Gasteiger partial charge is 0.227 e. The molecule has 1 saturated carbocycles. The summed E-state index contributed by atoms with van der Waals surface area (Å²) in [6.45, 7) is 0. The van der Waals surface area contributed by atoms with Crippen molar-refractivity contribution in [2.45, 2.75) is 44.9 Å². The molecular weight excluding hydrogens is 337 g/mol. The van der Waals surface area contributed by atoms with Crippen LogP contribution in [0.3, 0.4) is 0 Å². The van der Waals surface area contributed by atoms with Crippen molar-refractivity contribution in [2.24, 2.45) is 5.92 Å². The molecule has 0 saturated heterocycles. The van der Waals surface area contributed by atoms with Gasteiger partial charge in [0.2, 0.25) is 5.91 Å². The third kappa shape index (κ3) is 4.26. The molecule has 0 spiro atoms. The van der Waals surface area contributed by atoms with Crippen molar-refractivity contribution in [3.05, 3.63) is 27.8 Å². The molecule has 18 heavy (non-hydrogen) atoms. The second-order valence-corrected chi connectivity index (χ2v) is 6.28. The van der Waals surface area contributed by atoms with Gasteiger partial charge in [0.1, 0.15) is 0 Å². The second kappa shape index (κ2) is 7.12. The Balaban J connectivity index is 1.91. The van der Waals surface area contributed by atoms with E-state index in [1.54, 1.807) is 0 Å². The first-order valence-electron chi connectivity index (χ1n) is 6.82. The fraction of sp³-hybridized carbons (Fsp3) is 0.533. The van der Waals surface area contributed by atoms with E-state index in [9.17, 15) is 4.79 Å². The fourth-order valence-electron chi connectivity index (χ4n) is 2.50. The van der Waals surface area contributed by atoms with Crippen LogP contribution in [0.25, 0.3) is 0 Å². The molecule has 1 fully saturated rings. The molecule has 0 radical (unpaired) electrons. The Bertz CT molecular complexity index is 380. The van der Waals surface area contributed by atoms with Crippen LogP contribution in [0.1, 0.15) is 44.9 Å². The number of amides is 1. The first kappa shape index (κ1) is 13.8. The van der Waals surface area contributed by atoms with E-state index in [0.29, 0.717) is 0 Å². The van der Waals surface area contributed by atoms with Crippen LogP contribution in [0.5, 0.6) is 0 Å². The highest BCUT2D eigenvalue weighted by Crippen LogP contribution is 2.23. The van der Waals surface area contributed by atoms with Gasteiger partial charge in [-0.05, 0) is 59.7 Å². The number of halogens is 1. The van der Waals surface area contributed by atoms with Crippen LogP contribution in [-0.4, -0.2) is 5.91 Å². The first-order chi connectivity index (χ1) is 8.75. The monoisotopic (exact) mass is 357 g/mol. The van der Waals surface area contributed by atoms with E-state index < -0.39 is 0 Å². The standard InChI is InChI=1S/C15H20INO/c16-13-8-10-14(11-9-13)17-15(18)12-6-4-2-1-3-5-7-12/h8-12H,1-7H2,(H,17,18). The summed E-state index contributed by atoms with van der Waals surface area (Å²) in [6, 6.07) is 7.99. The summed E-state index contributed by atoms with van der Waals surface area (Å²) in [5, 5.41) is 3.04. The van der Waals surface area contributed by atoms with Crippen LogP contribution in [0.4, 0.5) is 5.69 Å². The molecule has 0 aliphatic heterocycles.